The second-order valence-electron chi connectivity index (χ2n) is 4.15. The second kappa shape index (κ2) is 3.72. The van der Waals surface area contributed by atoms with Crippen molar-refractivity contribution in [2.75, 3.05) is 13.1 Å². The van der Waals surface area contributed by atoms with Crippen molar-refractivity contribution in [3.63, 3.8) is 0 Å². The van der Waals surface area contributed by atoms with E-state index in [-0.39, 0.29) is 23.7 Å². The molecule has 1 rings (SSSR count). The molecule has 1 N–H and O–H groups in total. The molecule has 0 aromatic heterocycles. The molecule has 2 unspecified atom stereocenters. The summed E-state index contributed by atoms with van der Waals surface area (Å²) < 4.78 is 13.0. The molecule has 0 aromatic carbocycles. The third-order valence-corrected chi connectivity index (χ3v) is 2.25. The van der Waals surface area contributed by atoms with Crippen LogP contribution in [0.3, 0.4) is 0 Å². The predicted octanol–water partition coefficient (Wildman–Crippen LogP) is 2.01. The van der Waals surface area contributed by atoms with Crippen molar-refractivity contribution >= 4 is 12.4 Å². The van der Waals surface area contributed by atoms with Crippen LogP contribution in [0.25, 0.3) is 0 Å². The third-order valence-electron chi connectivity index (χ3n) is 2.25. The Morgan fingerprint density at radius 3 is 2.00 bits per heavy atom. The Kier molecular flexibility index (Phi) is 3.78. The van der Waals surface area contributed by atoms with Crippen LogP contribution in [-0.4, -0.2) is 19.3 Å². The first-order valence-electron chi connectivity index (χ1n) is 3.86. The molecule has 0 aromatic rings. The maximum absolute atomic E-state index is 13.0. The van der Waals surface area contributed by atoms with Crippen molar-refractivity contribution in [3.05, 3.63) is 0 Å². The fourth-order valence-corrected chi connectivity index (χ4v) is 1.50. The SMILES string of the molecule is CC(C)(C)C1CNCC1F.Cl. The van der Waals surface area contributed by atoms with E-state index in [2.05, 4.69) is 26.1 Å². The number of halogens is 2. The molecule has 68 valence electrons. The molecule has 0 amide bonds. The van der Waals surface area contributed by atoms with Crippen LogP contribution in [-0.2, 0) is 0 Å². The van der Waals surface area contributed by atoms with Gasteiger partial charge in [0, 0.05) is 19.0 Å². The molecule has 0 bridgehead atoms. The van der Waals surface area contributed by atoms with Crippen LogP contribution < -0.4 is 5.32 Å². The van der Waals surface area contributed by atoms with Gasteiger partial charge in [0.25, 0.3) is 0 Å². The number of alkyl halides is 1. The second-order valence-corrected chi connectivity index (χ2v) is 4.15. The van der Waals surface area contributed by atoms with Gasteiger partial charge >= 0.3 is 0 Å². The topological polar surface area (TPSA) is 12.0 Å². The van der Waals surface area contributed by atoms with Crippen molar-refractivity contribution in [1.29, 1.82) is 0 Å². The highest BCUT2D eigenvalue weighted by Crippen LogP contribution is 2.31. The van der Waals surface area contributed by atoms with E-state index in [1.165, 1.54) is 0 Å². The lowest BCUT2D eigenvalue weighted by Crippen LogP contribution is -2.28. The molecule has 0 saturated carbocycles. The van der Waals surface area contributed by atoms with Crippen LogP contribution in [0.4, 0.5) is 4.39 Å². The summed E-state index contributed by atoms with van der Waals surface area (Å²) in [7, 11) is 0. The van der Waals surface area contributed by atoms with E-state index in [4.69, 9.17) is 0 Å². The van der Waals surface area contributed by atoms with Gasteiger partial charge in [-0.3, -0.25) is 0 Å². The van der Waals surface area contributed by atoms with E-state index in [1.807, 2.05) is 0 Å². The molecule has 1 aliphatic rings. The molecule has 0 aliphatic carbocycles. The standard InChI is InChI=1S/C8H16FN.ClH/c1-8(2,3)6-4-10-5-7(6)9;/h6-7,10H,4-5H2,1-3H3;1H. The van der Waals surface area contributed by atoms with Crippen LogP contribution in [0.5, 0.6) is 0 Å². The Bertz CT molecular complexity index is 122. The van der Waals surface area contributed by atoms with Crippen LogP contribution in [0, 0.1) is 11.3 Å². The Balaban J connectivity index is 0.000001000. The van der Waals surface area contributed by atoms with Crippen molar-refractivity contribution in [3.8, 4) is 0 Å². The number of hydrogen-bond donors (Lipinski definition) is 1. The van der Waals surface area contributed by atoms with Crippen molar-refractivity contribution in [2.24, 2.45) is 11.3 Å². The molecular weight excluding hydrogens is 165 g/mol. The highest BCUT2D eigenvalue weighted by atomic mass is 35.5. The van der Waals surface area contributed by atoms with Gasteiger partial charge in [0.1, 0.15) is 6.17 Å². The summed E-state index contributed by atoms with van der Waals surface area (Å²) in [6.07, 6.45) is -0.639. The molecule has 0 radical (unpaired) electrons. The van der Waals surface area contributed by atoms with Crippen LogP contribution in [0.1, 0.15) is 20.8 Å². The molecule has 3 heteroatoms. The quantitative estimate of drug-likeness (QED) is 0.603. The lowest BCUT2D eigenvalue weighted by molar-refractivity contribution is 0.160. The van der Waals surface area contributed by atoms with Gasteiger partial charge in [-0.1, -0.05) is 20.8 Å². The maximum atomic E-state index is 13.0. The lowest BCUT2D eigenvalue weighted by Gasteiger charge is -2.27. The van der Waals surface area contributed by atoms with Gasteiger partial charge in [-0.2, -0.15) is 0 Å². The van der Waals surface area contributed by atoms with E-state index in [0.29, 0.717) is 6.54 Å². The average molecular weight is 182 g/mol. The van der Waals surface area contributed by atoms with Crippen LogP contribution in [0.15, 0.2) is 0 Å². The number of rotatable bonds is 0. The van der Waals surface area contributed by atoms with Crippen molar-refractivity contribution in [1.82, 2.24) is 5.32 Å². The molecule has 1 heterocycles. The summed E-state index contributed by atoms with van der Waals surface area (Å²) in [5.74, 6) is 0.201. The first-order chi connectivity index (χ1) is 4.52. The van der Waals surface area contributed by atoms with Gasteiger partial charge in [-0.05, 0) is 5.41 Å². The summed E-state index contributed by atoms with van der Waals surface area (Å²) in [5.41, 5.74) is 0.114. The number of nitrogens with one attached hydrogen (secondary N) is 1. The van der Waals surface area contributed by atoms with E-state index < -0.39 is 6.17 Å². The smallest absolute Gasteiger partial charge is 0.117 e. The third kappa shape index (κ3) is 2.60. The molecule has 0 spiro atoms. The predicted molar refractivity (Wildman–Crippen MR) is 48.0 cm³/mol. The minimum Gasteiger partial charge on any atom is -0.313 e. The van der Waals surface area contributed by atoms with Gasteiger partial charge < -0.3 is 5.32 Å². The van der Waals surface area contributed by atoms with Crippen LogP contribution >= 0.6 is 12.4 Å². The largest absolute Gasteiger partial charge is 0.313 e. The van der Waals surface area contributed by atoms with E-state index in [1.54, 1.807) is 0 Å². The molecule has 1 fully saturated rings. The first kappa shape index (κ1) is 11.2. The summed E-state index contributed by atoms with van der Waals surface area (Å²) in [6.45, 7) is 7.67. The molecule has 1 saturated heterocycles. The Hall–Kier alpha value is 0.180. The maximum Gasteiger partial charge on any atom is 0.117 e. The highest BCUT2D eigenvalue weighted by Gasteiger charge is 2.35. The molecule has 2 atom stereocenters. The van der Waals surface area contributed by atoms with Crippen molar-refractivity contribution < 1.29 is 4.39 Å². The number of hydrogen-bond acceptors (Lipinski definition) is 1. The highest BCUT2D eigenvalue weighted by molar-refractivity contribution is 5.85. The molecule has 11 heavy (non-hydrogen) atoms. The molecular formula is C8H17ClFN. The van der Waals surface area contributed by atoms with Gasteiger partial charge in [-0.15, -0.1) is 12.4 Å². The molecule has 1 nitrogen and oxygen atoms in total. The minimum atomic E-state index is -0.639. The molecule has 1 aliphatic heterocycles. The Morgan fingerprint density at radius 2 is 1.82 bits per heavy atom. The summed E-state index contributed by atoms with van der Waals surface area (Å²) >= 11 is 0. The Labute approximate surface area is 74.2 Å². The van der Waals surface area contributed by atoms with E-state index >= 15 is 0 Å². The normalized spacial score (nSPS) is 31.6. The zero-order valence-corrected chi connectivity index (χ0v) is 8.17. The summed E-state index contributed by atoms with van der Waals surface area (Å²) in [6, 6.07) is 0. The Morgan fingerprint density at radius 1 is 1.27 bits per heavy atom. The summed E-state index contributed by atoms with van der Waals surface area (Å²) in [4.78, 5) is 0. The zero-order valence-electron chi connectivity index (χ0n) is 7.36. The summed E-state index contributed by atoms with van der Waals surface area (Å²) in [5, 5.41) is 3.05. The first-order valence-corrected chi connectivity index (χ1v) is 3.86. The van der Waals surface area contributed by atoms with Crippen LogP contribution in [0.2, 0.25) is 0 Å². The average Bonchev–Trinajstić information content (AvgIpc) is 2.11. The van der Waals surface area contributed by atoms with Gasteiger partial charge in [0.15, 0.2) is 0 Å². The fourth-order valence-electron chi connectivity index (χ4n) is 1.50. The van der Waals surface area contributed by atoms with Gasteiger partial charge in [0.05, 0.1) is 0 Å². The monoisotopic (exact) mass is 181 g/mol. The lowest BCUT2D eigenvalue weighted by atomic mass is 9.79. The van der Waals surface area contributed by atoms with Crippen molar-refractivity contribution in [2.45, 2.75) is 26.9 Å². The zero-order chi connectivity index (χ0) is 7.78. The van der Waals surface area contributed by atoms with E-state index in [9.17, 15) is 4.39 Å². The minimum absolute atomic E-state index is 0. The van der Waals surface area contributed by atoms with Gasteiger partial charge in [-0.25, -0.2) is 4.39 Å². The van der Waals surface area contributed by atoms with E-state index in [0.717, 1.165) is 6.54 Å². The van der Waals surface area contributed by atoms with Gasteiger partial charge in [0.2, 0.25) is 0 Å². The fraction of sp³-hybridized carbons (Fsp3) is 1.00.